The van der Waals surface area contributed by atoms with Crippen molar-refractivity contribution in [3.8, 4) is 11.8 Å². The highest BCUT2D eigenvalue weighted by atomic mass is 79.9. The van der Waals surface area contributed by atoms with Crippen molar-refractivity contribution in [2.75, 3.05) is 0 Å². The van der Waals surface area contributed by atoms with Crippen molar-refractivity contribution in [3.05, 3.63) is 23.0 Å². The molecule has 0 spiro atoms. The molecule has 1 aromatic heterocycles. The van der Waals surface area contributed by atoms with Crippen LogP contribution in [0.25, 0.3) is 0 Å². The maximum Gasteiger partial charge on any atom is 0.267 e. The molecule has 14 heavy (non-hydrogen) atoms. The molecule has 0 radical (unpaired) electrons. The van der Waals surface area contributed by atoms with E-state index in [1.807, 2.05) is 0 Å². The number of halogens is 3. The van der Waals surface area contributed by atoms with E-state index in [4.69, 9.17) is 5.26 Å². The highest BCUT2D eigenvalue weighted by molar-refractivity contribution is 9.08. The minimum Gasteiger partial charge on any atom is -0.505 e. The molecule has 1 rings (SSSR count). The van der Waals surface area contributed by atoms with Crippen molar-refractivity contribution >= 4 is 15.9 Å². The standard InChI is InChI=1S/C8H5BrF2N2O/c9-2-4-1-5(8(10)11)7(14)6(3-12)13-4/h1,8,14H,2H2. The maximum atomic E-state index is 12.3. The summed E-state index contributed by atoms with van der Waals surface area (Å²) in [6.07, 6.45) is -2.82. The second-order valence-corrected chi connectivity index (χ2v) is 3.01. The predicted molar refractivity (Wildman–Crippen MR) is 48.2 cm³/mol. The van der Waals surface area contributed by atoms with E-state index in [2.05, 4.69) is 20.9 Å². The Kier molecular flexibility index (Phi) is 3.36. The van der Waals surface area contributed by atoms with Crippen LogP contribution < -0.4 is 0 Å². The first-order valence-electron chi connectivity index (χ1n) is 3.57. The summed E-state index contributed by atoms with van der Waals surface area (Å²) in [5, 5.41) is 18.0. The zero-order valence-electron chi connectivity index (χ0n) is 6.84. The first kappa shape index (κ1) is 10.9. The number of hydrogen-bond acceptors (Lipinski definition) is 3. The maximum absolute atomic E-state index is 12.3. The summed E-state index contributed by atoms with van der Waals surface area (Å²) in [4.78, 5) is 3.66. The van der Waals surface area contributed by atoms with E-state index < -0.39 is 17.7 Å². The van der Waals surface area contributed by atoms with Gasteiger partial charge in [0, 0.05) is 5.33 Å². The van der Waals surface area contributed by atoms with Crippen LogP contribution in [0.15, 0.2) is 6.07 Å². The second kappa shape index (κ2) is 4.33. The average molecular weight is 263 g/mol. The first-order chi connectivity index (χ1) is 6.60. The van der Waals surface area contributed by atoms with Gasteiger partial charge in [0.15, 0.2) is 11.4 Å². The lowest BCUT2D eigenvalue weighted by Gasteiger charge is -2.06. The second-order valence-electron chi connectivity index (χ2n) is 2.45. The van der Waals surface area contributed by atoms with E-state index in [1.54, 1.807) is 6.07 Å². The lowest BCUT2D eigenvalue weighted by molar-refractivity contribution is 0.147. The van der Waals surface area contributed by atoms with Crippen molar-refractivity contribution in [1.82, 2.24) is 4.98 Å². The summed E-state index contributed by atoms with van der Waals surface area (Å²) in [5.41, 5.74) is -0.655. The highest BCUT2D eigenvalue weighted by Crippen LogP contribution is 2.30. The van der Waals surface area contributed by atoms with Crippen LogP contribution in [0.4, 0.5) is 8.78 Å². The zero-order valence-corrected chi connectivity index (χ0v) is 8.42. The summed E-state index contributed by atoms with van der Waals surface area (Å²) in [6, 6.07) is 2.62. The molecule has 0 saturated heterocycles. The lowest BCUT2D eigenvalue weighted by Crippen LogP contribution is -1.96. The summed E-state index contributed by atoms with van der Waals surface area (Å²) in [6.45, 7) is 0. The molecule has 1 N–H and O–H groups in total. The van der Waals surface area contributed by atoms with Gasteiger partial charge < -0.3 is 5.11 Å². The minimum absolute atomic E-state index is 0.252. The van der Waals surface area contributed by atoms with Gasteiger partial charge in [0.2, 0.25) is 0 Å². The van der Waals surface area contributed by atoms with Gasteiger partial charge in [0.05, 0.1) is 11.3 Å². The molecular weight excluding hydrogens is 258 g/mol. The third-order valence-corrected chi connectivity index (χ3v) is 2.13. The molecule has 0 aliphatic rings. The van der Waals surface area contributed by atoms with E-state index in [0.717, 1.165) is 6.07 Å². The van der Waals surface area contributed by atoms with E-state index in [1.165, 1.54) is 0 Å². The molecule has 1 aromatic rings. The number of nitrogens with zero attached hydrogens (tertiary/aromatic N) is 2. The molecule has 0 fully saturated rings. The summed E-state index contributed by atoms with van der Waals surface area (Å²) >= 11 is 3.03. The number of aromatic hydroxyl groups is 1. The molecule has 0 unspecified atom stereocenters. The SMILES string of the molecule is N#Cc1nc(CBr)cc(C(F)F)c1O. The van der Waals surface area contributed by atoms with Gasteiger partial charge in [-0.25, -0.2) is 13.8 Å². The van der Waals surface area contributed by atoms with Gasteiger partial charge in [-0.1, -0.05) is 15.9 Å². The van der Waals surface area contributed by atoms with Gasteiger partial charge in [-0.3, -0.25) is 0 Å². The predicted octanol–water partition coefficient (Wildman–Crippen LogP) is 2.49. The smallest absolute Gasteiger partial charge is 0.267 e. The van der Waals surface area contributed by atoms with Crippen LogP contribution >= 0.6 is 15.9 Å². The van der Waals surface area contributed by atoms with E-state index in [0.29, 0.717) is 0 Å². The van der Waals surface area contributed by atoms with Crippen LogP contribution in [0.1, 0.15) is 23.4 Å². The minimum atomic E-state index is -2.82. The Bertz CT molecular complexity index is 390. The Labute approximate surface area is 87.1 Å². The normalized spacial score (nSPS) is 10.2. The van der Waals surface area contributed by atoms with Crippen LogP contribution in [0, 0.1) is 11.3 Å². The molecule has 0 aliphatic carbocycles. The van der Waals surface area contributed by atoms with Crippen molar-refractivity contribution in [2.24, 2.45) is 0 Å². The van der Waals surface area contributed by atoms with Crippen LogP contribution in [-0.2, 0) is 5.33 Å². The molecular formula is C8H5BrF2N2O. The number of hydrogen-bond donors (Lipinski definition) is 1. The monoisotopic (exact) mass is 262 g/mol. The molecule has 0 aromatic carbocycles. The van der Waals surface area contributed by atoms with Gasteiger partial charge in [0.25, 0.3) is 6.43 Å². The molecule has 1 heterocycles. The van der Waals surface area contributed by atoms with Crippen LogP contribution in [0.5, 0.6) is 5.75 Å². The topological polar surface area (TPSA) is 56.9 Å². The van der Waals surface area contributed by atoms with E-state index in [9.17, 15) is 13.9 Å². The molecule has 0 amide bonds. The number of aromatic nitrogens is 1. The number of pyridine rings is 1. The number of rotatable bonds is 2. The average Bonchev–Trinajstić information content (AvgIpc) is 2.17. The molecule has 0 aliphatic heterocycles. The Morgan fingerprint density at radius 2 is 2.29 bits per heavy atom. The van der Waals surface area contributed by atoms with Crippen molar-refractivity contribution in [2.45, 2.75) is 11.8 Å². The molecule has 6 heteroatoms. The van der Waals surface area contributed by atoms with Gasteiger partial charge in [-0.05, 0) is 6.07 Å². The first-order valence-corrected chi connectivity index (χ1v) is 4.69. The Balaban J connectivity index is 3.36. The van der Waals surface area contributed by atoms with Gasteiger partial charge in [-0.15, -0.1) is 0 Å². The van der Waals surface area contributed by atoms with Gasteiger partial charge in [-0.2, -0.15) is 5.26 Å². The lowest BCUT2D eigenvalue weighted by atomic mass is 10.2. The van der Waals surface area contributed by atoms with Crippen LogP contribution in [0.3, 0.4) is 0 Å². The summed E-state index contributed by atoms with van der Waals surface area (Å²) < 4.78 is 24.7. The quantitative estimate of drug-likeness (QED) is 0.834. The van der Waals surface area contributed by atoms with Crippen molar-refractivity contribution in [1.29, 1.82) is 5.26 Å². The van der Waals surface area contributed by atoms with E-state index >= 15 is 0 Å². The molecule has 74 valence electrons. The Hall–Kier alpha value is -1.22. The molecule has 3 nitrogen and oxygen atoms in total. The summed E-state index contributed by atoms with van der Waals surface area (Å²) in [7, 11) is 0. The zero-order chi connectivity index (χ0) is 10.7. The van der Waals surface area contributed by atoms with Crippen LogP contribution in [-0.4, -0.2) is 10.1 Å². The fourth-order valence-electron chi connectivity index (χ4n) is 0.926. The molecule has 0 saturated carbocycles. The third kappa shape index (κ3) is 1.99. The number of alkyl halides is 3. The molecule has 0 atom stereocenters. The van der Waals surface area contributed by atoms with Gasteiger partial charge in [0.1, 0.15) is 6.07 Å². The van der Waals surface area contributed by atoms with Crippen molar-refractivity contribution in [3.63, 3.8) is 0 Å². The Morgan fingerprint density at radius 1 is 1.64 bits per heavy atom. The fourth-order valence-corrected chi connectivity index (χ4v) is 1.21. The Morgan fingerprint density at radius 3 is 2.71 bits per heavy atom. The third-order valence-electron chi connectivity index (χ3n) is 1.55. The van der Waals surface area contributed by atoms with E-state index in [-0.39, 0.29) is 16.7 Å². The number of nitriles is 1. The summed E-state index contributed by atoms with van der Waals surface area (Å²) in [5.74, 6) is -0.743. The largest absolute Gasteiger partial charge is 0.505 e. The highest BCUT2D eigenvalue weighted by Gasteiger charge is 2.18. The van der Waals surface area contributed by atoms with Crippen molar-refractivity contribution < 1.29 is 13.9 Å². The fraction of sp³-hybridized carbons (Fsp3) is 0.250. The van der Waals surface area contributed by atoms with Gasteiger partial charge >= 0.3 is 0 Å². The molecule has 0 bridgehead atoms. The van der Waals surface area contributed by atoms with Crippen LogP contribution in [0.2, 0.25) is 0 Å².